The van der Waals surface area contributed by atoms with Crippen LogP contribution >= 0.6 is 11.8 Å². The first-order valence-electron chi connectivity index (χ1n) is 3.89. The topological polar surface area (TPSA) is 37.3 Å². The highest BCUT2D eigenvalue weighted by molar-refractivity contribution is 8.00. The third-order valence-corrected chi connectivity index (χ3v) is 2.38. The molecule has 1 aromatic carbocycles. The molecule has 0 radical (unpaired) electrons. The summed E-state index contributed by atoms with van der Waals surface area (Å²) >= 11 is -0.411. The van der Waals surface area contributed by atoms with Crippen LogP contribution in [0.1, 0.15) is 15.9 Å². The molecule has 0 aliphatic heterocycles. The smallest absolute Gasteiger partial charge is 0.446 e. The summed E-state index contributed by atoms with van der Waals surface area (Å²) in [5, 5.41) is 8.67. The SMILES string of the molecule is Cc1ccc(C(=O)O)c(SC(F)(F)F)c1. The molecule has 0 saturated carbocycles. The molecule has 0 aliphatic rings. The lowest BCUT2D eigenvalue weighted by Gasteiger charge is -2.09. The molecule has 0 aromatic heterocycles. The van der Waals surface area contributed by atoms with E-state index in [1.54, 1.807) is 6.92 Å². The van der Waals surface area contributed by atoms with Crippen LogP contribution in [0.2, 0.25) is 0 Å². The molecule has 2 nitrogen and oxygen atoms in total. The summed E-state index contributed by atoms with van der Waals surface area (Å²) in [7, 11) is 0. The monoisotopic (exact) mass is 236 g/mol. The van der Waals surface area contributed by atoms with Gasteiger partial charge in [-0.25, -0.2) is 4.79 Å². The van der Waals surface area contributed by atoms with Gasteiger partial charge in [-0.3, -0.25) is 0 Å². The van der Waals surface area contributed by atoms with Crippen LogP contribution < -0.4 is 0 Å². The Bertz CT molecular complexity index is 387. The van der Waals surface area contributed by atoms with E-state index in [9.17, 15) is 18.0 Å². The maximum Gasteiger partial charge on any atom is 0.446 e. The van der Waals surface area contributed by atoms with Crippen LogP contribution in [0.4, 0.5) is 13.2 Å². The number of aromatic carboxylic acids is 1. The standard InChI is InChI=1S/C9H7F3O2S/c1-5-2-3-6(8(13)14)7(4-5)15-9(10,11)12/h2-4H,1H3,(H,13,14). The van der Waals surface area contributed by atoms with E-state index in [0.29, 0.717) is 5.56 Å². The fraction of sp³-hybridized carbons (Fsp3) is 0.222. The average Bonchev–Trinajstić information content (AvgIpc) is 1.99. The number of carboxylic acids is 1. The van der Waals surface area contributed by atoms with Gasteiger partial charge in [-0.2, -0.15) is 13.2 Å². The number of hydrogen-bond donors (Lipinski definition) is 1. The summed E-state index contributed by atoms with van der Waals surface area (Å²) in [5.74, 6) is -1.36. The molecule has 0 fully saturated rings. The van der Waals surface area contributed by atoms with Crippen molar-refractivity contribution in [3.05, 3.63) is 29.3 Å². The van der Waals surface area contributed by atoms with E-state index in [2.05, 4.69) is 0 Å². The Kier molecular flexibility index (Phi) is 3.28. The molecule has 0 spiro atoms. The molecule has 0 heterocycles. The van der Waals surface area contributed by atoms with Crippen LogP contribution in [0.5, 0.6) is 0 Å². The second kappa shape index (κ2) is 4.14. The molecule has 0 amide bonds. The molecular weight excluding hydrogens is 229 g/mol. The molecular formula is C9H7F3O2S. The maximum absolute atomic E-state index is 12.1. The Hall–Kier alpha value is -1.17. The summed E-state index contributed by atoms with van der Waals surface area (Å²) in [6.07, 6.45) is 0. The lowest BCUT2D eigenvalue weighted by molar-refractivity contribution is -0.0328. The molecule has 1 rings (SSSR count). The average molecular weight is 236 g/mol. The summed E-state index contributed by atoms with van der Waals surface area (Å²) in [6, 6.07) is 3.84. The highest BCUT2D eigenvalue weighted by atomic mass is 32.2. The van der Waals surface area contributed by atoms with E-state index in [1.807, 2.05) is 0 Å². The number of thioether (sulfide) groups is 1. The molecule has 0 aliphatic carbocycles. The molecule has 0 unspecified atom stereocenters. The van der Waals surface area contributed by atoms with Gasteiger partial charge in [0.25, 0.3) is 0 Å². The molecule has 1 N–H and O–H groups in total. The second-order valence-electron chi connectivity index (χ2n) is 2.85. The molecule has 82 valence electrons. The maximum atomic E-state index is 12.1. The number of rotatable bonds is 2. The number of carbonyl (C=O) groups is 1. The third kappa shape index (κ3) is 3.47. The van der Waals surface area contributed by atoms with Gasteiger partial charge in [0.15, 0.2) is 0 Å². The van der Waals surface area contributed by atoms with Crippen molar-refractivity contribution in [1.29, 1.82) is 0 Å². The number of hydrogen-bond acceptors (Lipinski definition) is 2. The van der Waals surface area contributed by atoms with Gasteiger partial charge in [0.1, 0.15) is 0 Å². The van der Waals surface area contributed by atoms with Crippen LogP contribution in [0.3, 0.4) is 0 Å². The van der Waals surface area contributed by atoms with E-state index in [4.69, 9.17) is 5.11 Å². The van der Waals surface area contributed by atoms with Crippen molar-refractivity contribution in [2.45, 2.75) is 17.3 Å². The lowest BCUT2D eigenvalue weighted by atomic mass is 10.1. The van der Waals surface area contributed by atoms with Crippen LogP contribution in [-0.4, -0.2) is 16.6 Å². The lowest BCUT2D eigenvalue weighted by Crippen LogP contribution is -2.04. The Labute approximate surface area is 88.1 Å². The molecule has 6 heteroatoms. The van der Waals surface area contributed by atoms with Crippen LogP contribution in [0, 0.1) is 6.92 Å². The predicted octanol–water partition coefficient (Wildman–Crippen LogP) is 3.31. The van der Waals surface area contributed by atoms with Crippen molar-refractivity contribution in [2.75, 3.05) is 0 Å². The van der Waals surface area contributed by atoms with Gasteiger partial charge in [0.05, 0.1) is 5.56 Å². The van der Waals surface area contributed by atoms with Gasteiger partial charge in [0, 0.05) is 4.90 Å². The molecule has 15 heavy (non-hydrogen) atoms. The fourth-order valence-corrected chi connectivity index (χ4v) is 1.77. The molecule has 0 atom stereocenters. The van der Waals surface area contributed by atoms with Crippen molar-refractivity contribution in [3.63, 3.8) is 0 Å². The van der Waals surface area contributed by atoms with E-state index in [-0.39, 0.29) is 10.5 Å². The van der Waals surface area contributed by atoms with E-state index >= 15 is 0 Å². The summed E-state index contributed by atoms with van der Waals surface area (Å²) in [6.45, 7) is 1.60. The number of aryl methyl sites for hydroxylation is 1. The van der Waals surface area contributed by atoms with Crippen LogP contribution in [0.15, 0.2) is 23.1 Å². The molecule has 0 bridgehead atoms. The minimum atomic E-state index is -4.47. The highest BCUT2D eigenvalue weighted by Crippen LogP contribution is 2.38. The fourth-order valence-electron chi connectivity index (χ4n) is 1.02. The first kappa shape index (κ1) is 11.9. The number of benzene rings is 1. The number of halogens is 3. The van der Waals surface area contributed by atoms with Gasteiger partial charge < -0.3 is 5.11 Å². The first-order valence-corrected chi connectivity index (χ1v) is 4.71. The third-order valence-electron chi connectivity index (χ3n) is 1.59. The predicted molar refractivity (Wildman–Crippen MR) is 50.1 cm³/mol. The molecule has 0 saturated heterocycles. The Morgan fingerprint density at radius 1 is 1.40 bits per heavy atom. The van der Waals surface area contributed by atoms with Gasteiger partial charge >= 0.3 is 11.5 Å². The Morgan fingerprint density at radius 3 is 2.47 bits per heavy atom. The second-order valence-corrected chi connectivity index (χ2v) is 3.96. The Balaban J connectivity index is 3.13. The van der Waals surface area contributed by atoms with E-state index in [0.717, 1.165) is 0 Å². The quantitative estimate of drug-likeness (QED) is 0.800. The van der Waals surface area contributed by atoms with Crippen LogP contribution in [0.25, 0.3) is 0 Å². The Morgan fingerprint density at radius 2 is 2.00 bits per heavy atom. The van der Waals surface area contributed by atoms with Gasteiger partial charge in [0.2, 0.25) is 0 Å². The largest absolute Gasteiger partial charge is 0.478 e. The highest BCUT2D eigenvalue weighted by Gasteiger charge is 2.31. The van der Waals surface area contributed by atoms with Crippen molar-refractivity contribution >= 4 is 17.7 Å². The number of alkyl halides is 3. The van der Waals surface area contributed by atoms with Crippen molar-refractivity contribution in [3.8, 4) is 0 Å². The minimum absolute atomic E-state index is 0.282. The van der Waals surface area contributed by atoms with Crippen molar-refractivity contribution in [1.82, 2.24) is 0 Å². The zero-order valence-electron chi connectivity index (χ0n) is 7.63. The zero-order chi connectivity index (χ0) is 11.6. The number of carboxylic acid groups (broad SMARTS) is 1. The summed E-state index contributed by atoms with van der Waals surface area (Å²) in [4.78, 5) is 10.4. The first-order chi connectivity index (χ1) is 6.79. The summed E-state index contributed by atoms with van der Waals surface area (Å²) in [5.41, 5.74) is -4.22. The van der Waals surface area contributed by atoms with Crippen LogP contribution in [-0.2, 0) is 0 Å². The van der Waals surface area contributed by atoms with Gasteiger partial charge in [-0.15, -0.1) is 0 Å². The van der Waals surface area contributed by atoms with Gasteiger partial charge in [-0.1, -0.05) is 6.07 Å². The van der Waals surface area contributed by atoms with Crippen molar-refractivity contribution in [2.24, 2.45) is 0 Å². The van der Waals surface area contributed by atoms with Crippen molar-refractivity contribution < 1.29 is 23.1 Å². The summed E-state index contributed by atoms with van der Waals surface area (Å²) < 4.78 is 36.3. The van der Waals surface area contributed by atoms with Gasteiger partial charge in [-0.05, 0) is 36.4 Å². The van der Waals surface area contributed by atoms with E-state index in [1.165, 1.54) is 18.2 Å². The molecule has 1 aromatic rings. The zero-order valence-corrected chi connectivity index (χ0v) is 8.45. The van der Waals surface area contributed by atoms with E-state index < -0.39 is 23.2 Å². The minimum Gasteiger partial charge on any atom is -0.478 e. The normalized spacial score (nSPS) is 11.5.